The summed E-state index contributed by atoms with van der Waals surface area (Å²) in [5.41, 5.74) is 2.46. The number of hydrogen-bond acceptors (Lipinski definition) is 5. The Morgan fingerprint density at radius 2 is 1.73 bits per heavy atom. The number of carbonyl (C=O) groups is 3. The highest BCUT2D eigenvalue weighted by Crippen LogP contribution is 2.65. The van der Waals surface area contributed by atoms with Gasteiger partial charge in [-0.2, -0.15) is 0 Å². The van der Waals surface area contributed by atoms with Crippen molar-refractivity contribution in [3.05, 3.63) is 71.4 Å². The van der Waals surface area contributed by atoms with Gasteiger partial charge in [-0.3, -0.25) is 14.4 Å². The van der Waals surface area contributed by atoms with Crippen LogP contribution < -0.4 is 16.0 Å². The van der Waals surface area contributed by atoms with Crippen molar-refractivity contribution in [2.45, 2.75) is 84.5 Å². The lowest BCUT2D eigenvalue weighted by atomic mass is 9.43. The Labute approximate surface area is 265 Å². The van der Waals surface area contributed by atoms with Crippen LogP contribution >= 0.6 is 0 Å². The lowest BCUT2D eigenvalue weighted by Crippen LogP contribution is -2.65. The van der Waals surface area contributed by atoms with Crippen molar-refractivity contribution in [3.8, 4) is 0 Å². The van der Waals surface area contributed by atoms with E-state index in [2.05, 4.69) is 55.6 Å². The number of carbonyl (C=O) groups excluding carboxylic acids is 3. The number of aromatic amines is 1. The smallest absolute Gasteiger partial charge is 0.404 e. The number of hydrogen-bond donors (Lipinski definition) is 4. The summed E-state index contributed by atoms with van der Waals surface area (Å²) in [5.74, 6) is -0.343. The maximum atomic E-state index is 14.0. The fourth-order valence-electron chi connectivity index (χ4n) is 7.74. The molecule has 3 aromatic rings. The molecule has 1 saturated heterocycles. The molecule has 0 unspecified atom stereocenters. The molecule has 3 aliphatic carbocycles. The predicted octanol–water partition coefficient (Wildman–Crippen LogP) is 4.80. The van der Waals surface area contributed by atoms with Gasteiger partial charge in [0.15, 0.2) is 0 Å². The zero-order valence-corrected chi connectivity index (χ0v) is 27.1. The van der Waals surface area contributed by atoms with Gasteiger partial charge in [-0.05, 0) is 80.5 Å². The largest absolute Gasteiger partial charge is 0.481 e. The van der Waals surface area contributed by atoms with Crippen molar-refractivity contribution in [1.82, 2.24) is 20.9 Å². The second-order valence-electron chi connectivity index (χ2n) is 14.5. The van der Waals surface area contributed by atoms with Crippen LogP contribution in [0.1, 0.15) is 80.3 Å². The lowest BCUT2D eigenvalue weighted by Gasteiger charge is -2.64. The zero-order chi connectivity index (χ0) is 32.1. The molecule has 4 N–H and O–H groups in total. The average Bonchev–Trinajstić information content (AvgIpc) is 3.59. The van der Waals surface area contributed by atoms with Crippen LogP contribution in [0.4, 0.5) is 0 Å². The number of rotatable bonds is 10. The van der Waals surface area contributed by atoms with E-state index in [4.69, 9.17) is 9.31 Å². The second-order valence-corrected chi connectivity index (χ2v) is 14.5. The molecule has 3 amide bonds. The number of nitrogens with one attached hydrogen (secondary N) is 4. The van der Waals surface area contributed by atoms with Gasteiger partial charge in [-0.15, -0.1) is 0 Å². The molecule has 2 aromatic carbocycles. The van der Waals surface area contributed by atoms with E-state index in [-0.39, 0.29) is 29.9 Å². The molecule has 10 heteroatoms. The first-order valence-electron chi connectivity index (χ1n) is 16.2. The normalized spacial score (nSPS) is 26.1. The first-order chi connectivity index (χ1) is 21.3. The number of amides is 3. The van der Waals surface area contributed by atoms with Gasteiger partial charge < -0.3 is 30.2 Å². The summed E-state index contributed by atoms with van der Waals surface area (Å²) in [7, 11) is -0.603. The molecular weight excluding hydrogens is 567 g/mol. The van der Waals surface area contributed by atoms with E-state index >= 15 is 0 Å². The van der Waals surface area contributed by atoms with Gasteiger partial charge in [0.25, 0.3) is 11.8 Å². The van der Waals surface area contributed by atoms with Crippen LogP contribution in [0.2, 0.25) is 0 Å². The number of aromatic nitrogens is 1. The summed E-state index contributed by atoms with van der Waals surface area (Å²) >= 11 is 0. The first-order valence-corrected chi connectivity index (χ1v) is 16.2. The van der Waals surface area contributed by atoms with E-state index in [1.807, 2.05) is 43.3 Å². The van der Waals surface area contributed by atoms with E-state index < -0.39 is 36.5 Å². The molecule has 7 rings (SSSR count). The van der Waals surface area contributed by atoms with Crippen LogP contribution in [-0.4, -0.2) is 60.1 Å². The Balaban J connectivity index is 1.20. The lowest BCUT2D eigenvalue weighted by molar-refractivity contribution is -0.199. The summed E-state index contributed by atoms with van der Waals surface area (Å²) in [6.07, 6.45) is 2.71. The highest BCUT2D eigenvalue weighted by Gasteiger charge is 2.68. The molecule has 1 aromatic heterocycles. The maximum Gasteiger partial charge on any atom is 0.481 e. The van der Waals surface area contributed by atoms with Crippen molar-refractivity contribution >= 4 is 35.7 Å². The molecule has 3 saturated carbocycles. The monoisotopic (exact) mass is 612 g/mol. The molecule has 0 spiro atoms. The maximum absolute atomic E-state index is 14.0. The number of fused-ring (bicyclic) bond motifs is 1. The highest BCUT2D eigenvalue weighted by atomic mass is 16.7. The van der Waals surface area contributed by atoms with Crippen molar-refractivity contribution in [3.63, 3.8) is 0 Å². The Morgan fingerprint density at radius 3 is 2.42 bits per heavy atom. The number of para-hydroxylation sites is 1. The Bertz CT molecular complexity index is 1550. The quantitative estimate of drug-likeness (QED) is 0.245. The summed E-state index contributed by atoms with van der Waals surface area (Å²) in [6, 6.07) is 15.5. The van der Waals surface area contributed by atoms with Gasteiger partial charge in [0.05, 0.1) is 17.6 Å². The Morgan fingerprint density at radius 1 is 1.00 bits per heavy atom. The molecule has 6 atom stereocenters. The van der Waals surface area contributed by atoms with Crippen LogP contribution in [0.15, 0.2) is 54.6 Å². The van der Waals surface area contributed by atoms with Crippen molar-refractivity contribution in [1.29, 1.82) is 0 Å². The molecule has 2 heterocycles. The highest BCUT2D eigenvalue weighted by molar-refractivity contribution is 6.48. The van der Waals surface area contributed by atoms with Crippen LogP contribution in [0.3, 0.4) is 0 Å². The van der Waals surface area contributed by atoms with Crippen molar-refractivity contribution in [2.75, 3.05) is 6.54 Å². The topological polar surface area (TPSA) is 122 Å². The molecule has 4 fully saturated rings. The molecule has 2 bridgehead atoms. The predicted molar refractivity (Wildman–Crippen MR) is 175 cm³/mol. The van der Waals surface area contributed by atoms with E-state index in [1.54, 1.807) is 18.2 Å². The molecule has 1 aliphatic heterocycles. The average molecular weight is 613 g/mol. The van der Waals surface area contributed by atoms with E-state index in [0.717, 1.165) is 29.3 Å². The van der Waals surface area contributed by atoms with Gasteiger partial charge >= 0.3 is 7.12 Å². The zero-order valence-electron chi connectivity index (χ0n) is 27.1. The third-order valence-electron chi connectivity index (χ3n) is 10.5. The van der Waals surface area contributed by atoms with E-state index in [1.165, 1.54) is 0 Å². The van der Waals surface area contributed by atoms with Crippen LogP contribution in [0.5, 0.6) is 0 Å². The minimum atomic E-state index is -1.04. The number of benzene rings is 2. The summed E-state index contributed by atoms with van der Waals surface area (Å²) in [5, 5.41) is 9.75. The van der Waals surface area contributed by atoms with E-state index in [9.17, 15) is 14.4 Å². The molecule has 238 valence electrons. The van der Waals surface area contributed by atoms with Gasteiger partial charge in [-0.1, -0.05) is 63.6 Å². The standard InChI is InChI=1S/C35H45BN4O5/c1-20(2)15-30(36-44-29-18-24-17-28(34(24,4)5)35(29,6)45-36)40-33(43)27(19-37-31(41)22-13-11-21(3)12-14-22)39-32(42)26-16-23-9-7-8-10-25(23)38-26/h7-14,16,20,24,27-30,38H,15,17-19H2,1-6H3,(H,37,41)(H,39,42)(H,40,43)/t24-,27+,28+,29-,30+,35+/m1/s1. The van der Waals surface area contributed by atoms with Gasteiger partial charge in [-0.25, -0.2) is 0 Å². The molecule has 45 heavy (non-hydrogen) atoms. The number of H-pyrrole nitrogens is 1. The van der Waals surface area contributed by atoms with Gasteiger partial charge in [0, 0.05) is 23.0 Å². The van der Waals surface area contributed by atoms with Crippen LogP contribution in [0.25, 0.3) is 10.9 Å². The fourth-order valence-corrected chi connectivity index (χ4v) is 7.74. The SMILES string of the molecule is Cc1ccc(C(=O)NC[C@H](NC(=O)c2cc3ccccc3[nH]2)C(=O)N[C@@H](CC(C)C)B2O[C@@H]3C[C@H]4C[C@@H](C4(C)C)[C@]3(C)O2)cc1. The Hall–Kier alpha value is -3.63. The molecule has 9 nitrogen and oxygen atoms in total. The molecule has 4 aliphatic rings. The van der Waals surface area contributed by atoms with E-state index in [0.29, 0.717) is 29.5 Å². The van der Waals surface area contributed by atoms with Crippen LogP contribution in [-0.2, 0) is 14.1 Å². The fraction of sp³-hybridized carbons (Fsp3) is 0.514. The minimum absolute atomic E-state index is 0.0165. The second kappa shape index (κ2) is 12.0. The first kappa shape index (κ1) is 31.4. The summed E-state index contributed by atoms with van der Waals surface area (Å²) in [6.45, 7) is 12.9. The third-order valence-corrected chi connectivity index (χ3v) is 10.5. The van der Waals surface area contributed by atoms with Crippen molar-refractivity contribution in [2.24, 2.45) is 23.2 Å². The number of aryl methyl sites for hydroxylation is 1. The minimum Gasteiger partial charge on any atom is -0.404 e. The molecular formula is C35H45BN4O5. The summed E-state index contributed by atoms with van der Waals surface area (Å²) in [4.78, 5) is 43.5. The molecule has 0 radical (unpaired) electrons. The van der Waals surface area contributed by atoms with Crippen LogP contribution in [0, 0.1) is 30.1 Å². The third kappa shape index (κ3) is 6.02. The summed E-state index contributed by atoms with van der Waals surface area (Å²) < 4.78 is 13.3. The van der Waals surface area contributed by atoms with Gasteiger partial charge in [0.2, 0.25) is 5.91 Å². The van der Waals surface area contributed by atoms with Crippen molar-refractivity contribution < 1.29 is 23.7 Å². The van der Waals surface area contributed by atoms with Gasteiger partial charge in [0.1, 0.15) is 11.7 Å². The Kier molecular flexibility index (Phi) is 8.33.